The zero-order valence-electron chi connectivity index (χ0n) is 21.0. The predicted molar refractivity (Wildman–Crippen MR) is 153 cm³/mol. The number of hydrogen-bond donors (Lipinski definition) is 4. The molecule has 1 atom stereocenters. The van der Waals surface area contributed by atoms with Crippen molar-refractivity contribution < 1.29 is 9.50 Å². The van der Waals surface area contributed by atoms with E-state index in [1.54, 1.807) is 30.9 Å². The molecule has 0 spiro atoms. The highest BCUT2D eigenvalue weighted by Gasteiger charge is 2.17. The van der Waals surface area contributed by atoms with Gasteiger partial charge in [0.2, 0.25) is 0 Å². The van der Waals surface area contributed by atoms with E-state index in [4.69, 9.17) is 4.98 Å². The molecular formula is C31H22FN7O. The fourth-order valence-electron chi connectivity index (χ4n) is 4.84. The van der Waals surface area contributed by atoms with E-state index in [-0.39, 0.29) is 5.82 Å². The Balaban J connectivity index is 1.25. The van der Waals surface area contributed by atoms with Gasteiger partial charge in [0, 0.05) is 34.5 Å². The molecule has 0 fully saturated rings. The second kappa shape index (κ2) is 9.72. The summed E-state index contributed by atoms with van der Waals surface area (Å²) in [5.41, 5.74) is 7.60. The number of imidazole rings is 1. The number of aromatic amines is 2. The fourth-order valence-corrected chi connectivity index (χ4v) is 4.84. The molecule has 0 saturated carbocycles. The first-order chi connectivity index (χ1) is 19.6. The van der Waals surface area contributed by atoms with Crippen LogP contribution in [0.3, 0.4) is 0 Å². The molecule has 40 heavy (non-hydrogen) atoms. The zero-order chi connectivity index (χ0) is 27.1. The lowest BCUT2D eigenvalue weighted by molar-refractivity contribution is 0.208. The van der Waals surface area contributed by atoms with Gasteiger partial charge < -0.3 is 15.4 Å². The van der Waals surface area contributed by atoms with Gasteiger partial charge in [-0.05, 0) is 41.5 Å². The third-order valence-electron chi connectivity index (χ3n) is 6.81. The second-order valence-electron chi connectivity index (χ2n) is 9.43. The minimum atomic E-state index is -0.860. The lowest BCUT2D eigenvalue weighted by atomic mass is 10.0. The maximum atomic E-state index is 13.9. The topological polar surface area (TPSA) is 115 Å². The van der Waals surface area contributed by atoms with Crippen LogP contribution in [0.5, 0.6) is 0 Å². The highest BCUT2D eigenvalue weighted by Crippen LogP contribution is 2.33. The molecule has 3 aromatic carbocycles. The van der Waals surface area contributed by atoms with Gasteiger partial charge in [0.1, 0.15) is 11.5 Å². The molecule has 0 aliphatic rings. The summed E-state index contributed by atoms with van der Waals surface area (Å²) in [6, 6.07) is 23.7. The molecule has 4 N–H and O–H groups in total. The van der Waals surface area contributed by atoms with Crippen molar-refractivity contribution in [2.24, 2.45) is 0 Å². The normalized spacial score (nSPS) is 12.2. The molecule has 4 heterocycles. The van der Waals surface area contributed by atoms with Crippen LogP contribution in [0, 0.1) is 5.82 Å². The summed E-state index contributed by atoms with van der Waals surface area (Å²) in [6.07, 6.45) is 5.98. The van der Waals surface area contributed by atoms with Crippen LogP contribution in [0.2, 0.25) is 0 Å². The molecular weight excluding hydrogens is 505 g/mol. The van der Waals surface area contributed by atoms with Crippen molar-refractivity contribution >= 4 is 27.6 Å². The first kappa shape index (κ1) is 23.7. The van der Waals surface area contributed by atoms with E-state index in [0.717, 1.165) is 38.7 Å². The molecule has 1 unspecified atom stereocenters. The highest BCUT2D eigenvalue weighted by atomic mass is 19.1. The Morgan fingerprint density at radius 2 is 1.65 bits per heavy atom. The van der Waals surface area contributed by atoms with Crippen LogP contribution in [0.15, 0.2) is 104 Å². The van der Waals surface area contributed by atoms with E-state index in [1.165, 1.54) is 12.1 Å². The molecule has 7 aromatic rings. The molecule has 0 bridgehead atoms. The number of halogens is 1. The highest BCUT2D eigenvalue weighted by molar-refractivity contribution is 5.98. The SMILES string of the molecule is OC(Nc1cncc(-c2ccc3[nH]nc(-c4nc5c(-c6cccc(F)c6)cncc5[nH]4)c3c2)c1)c1ccccc1. The number of aliphatic hydroxyl groups is 1. The van der Waals surface area contributed by atoms with Gasteiger partial charge in [-0.2, -0.15) is 5.10 Å². The van der Waals surface area contributed by atoms with E-state index in [1.807, 2.05) is 60.7 Å². The maximum absolute atomic E-state index is 13.9. The number of aromatic nitrogens is 6. The smallest absolute Gasteiger partial charge is 0.159 e. The van der Waals surface area contributed by atoms with E-state index in [2.05, 4.69) is 30.5 Å². The number of pyridine rings is 2. The average Bonchev–Trinajstić information content (AvgIpc) is 3.61. The molecule has 7 rings (SSSR count). The van der Waals surface area contributed by atoms with Crippen LogP contribution < -0.4 is 5.32 Å². The van der Waals surface area contributed by atoms with Crippen molar-refractivity contribution in [1.82, 2.24) is 30.1 Å². The number of fused-ring (bicyclic) bond motifs is 2. The lowest BCUT2D eigenvalue weighted by Crippen LogP contribution is -2.09. The molecule has 0 aliphatic heterocycles. The Morgan fingerprint density at radius 1 is 0.775 bits per heavy atom. The van der Waals surface area contributed by atoms with Crippen LogP contribution in [0.4, 0.5) is 10.1 Å². The van der Waals surface area contributed by atoms with Crippen molar-refractivity contribution in [1.29, 1.82) is 0 Å². The van der Waals surface area contributed by atoms with Crippen molar-refractivity contribution in [2.75, 3.05) is 5.32 Å². The zero-order valence-corrected chi connectivity index (χ0v) is 21.0. The Morgan fingerprint density at radius 3 is 2.52 bits per heavy atom. The van der Waals surface area contributed by atoms with E-state index in [9.17, 15) is 9.50 Å². The second-order valence-corrected chi connectivity index (χ2v) is 9.43. The molecule has 0 amide bonds. The lowest BCUT2D eigenvalue weighted by Gasteiger charge is -2.15. The first-order valence-corrected chi connectivity index (χ1v) is 12.7. The molecule has 0 saturated heterocycles. The summed E-state index contributed by atoms with van der Waals surface area (Å²) in [4.78, 5) is 16.9. The van der Waals surface area contributed by atoms with Crippen molar-refractivity contribution in [2.45, 2.75) is 6.23 Å². The van der Waals surface area contributed by atoms with Crippen LogP contribution >= 0.6 is 0 Å². The Bertz CT molecular complexity index is 1980. The minimum absolute atomic E-state index is 0.320. The number of aliphatic hydroxyl groups excluding tert-OH is 1. The van der Waals surface area contributed by atoms with E-state index >= 15 is 0 Å². The Kier molecular flexibility index (Phi) is 5.76. The van der Waals surface area contributed by atoms with Gasteiger partial charge in [-0.1, -0.05) is 48.5 Å². The number of hydrogen-bond acceptors (Lipinski definition) is 6. The fraction of sp³-hybridized carbons (Fsp3) is 0.0323. The summed E-state index contributed by atoms with van der Waals surface area (Å²) < 4.78 is 13.9. The van der Waals surface area contributed by atoms with Crippen LogP contribution in [0.1, 0.15) is 11.8 Å². The van der Waals surface area contributed by atoms with Crippen LogP contribution in [0.25, 0.3) is 55.7 Å². The van der Waals surface area contributed by atoms with E-state index < -0.39 is 6.23 Å². The number of nitrogens with zero attached hydrogens (tertiary/aromatic N) is 4. The van der Waals surface area contributed by atoms with Crippen LogP contribution in [-0.4, -0.2) is 35.2 Å². The monoisotopic (exact) mass is 527 g/mol. The number of rotatable bonds is 6. The molecule has 8 nitrogen and oxygen atoms in total. The quantitative estimate of drug-likeness (QED) is 0.184. The minimum Gasteiger partial charge on any atom is -0.369 e. The molecule has 0 radical (unpaired) electrons. The molecule has 9 heteroatoms. The van der Waals surface area contributed by atoms with Crippen molar-refractivity contribution in [3.63, 3.8) is 0 Å². The van der Waals surface area contributed by atoms with Gasteiger partial charge >= 0.3 is 0 Å². The van der Waals surface area contributed by atoms with Gasteiger partial charge in [0.15, 0.2) is 12.1 Å². The number of H-pyrrole nitrogens is 2. The summed E-state index contributed by atoms with van der Waals surface area (Å²) in [7, 11) is 0. The van der Waals surface area contributed by atoms with Crippen molar-refractivity contribution in [3.05, 3.63) is 115 Å². The number of anilines is 1. The summed E-state index contributed by atoms with van der Waals surface area (Å²) in [6.45, 7) is 0. The van der Waals surface area contributed by atoms with Crippen LogP contribution in [-0.2, 0) is 0 Å². The van der Waals surface area contributed by atoms with Gasteiger partial charge in [0.25, 0.3) is 0 Å². The molecule has 0 aliphatic carbocycles. The summed E-state index contributed by atoms with van der Waals surface area (Å²) in [5.74, 6) is 0.253. The average molecular weight is 528 g/mol. The summed E-state index contributed by atoms with van der Waals surface area (Å²) in [5, 5.41) is 22.2. The first-order valence-electron chi connectivity index (χ1n) is 12.7. The number of nitrogens with one attached hydrogen (secondary N) is 3. The standard InChI is InChI=1S/C31H22FN7O/c32-22-8-4-7-20(11-22)25-16-34-17-27-28(25)37-30(36-27)29-24-13-19(9-10-26(24)38-39-29)21-12-23(15-33-14-21)35-31(40)18-5-2-1-3-6-18/h1-17,31,35,40H,(H,36,37)(H,38,39). The maximum Gasteiger partial charge on any atom is 0.159 e. The van der Waals surface area contributed by atoms with Gasteiger partial charge in [0.05, 0.1) is 34.6 Å². The number of benzene rings is 3. The molecule has 194 valence electrons. The van der Waals surface area contributed by atoms with Gasteiger partial charge in [-0.25, -0.2) is 9.37 Å². The van der Waals surface area contributed by atoms with Gasteiger partial charge in [-0.3, -0.25) is 15.1 Å². The summed E-state index contributed by atoms with van der Waals surface area (Å²) >= 11 is 0. The van der Waals surface area contributed by atoms with Gasteiger partial charge in [-0.15, -0.1) is 0 Å². The predicted octanol–water partition coefficient (Wildman–Crippen LogP) is 6.47. The Labute approximate surface area is 227 Å². The van der Waals surface area contributed by atoms with E-state index in [0.29, 0.717) is 28.3 Å². The largest absolute Gasteiger partial charge is 0.369 e. The third kappa shape index (κ3) is 4.34. The molecule has 4 aromatic heterocycles. The Hall–Kier alpha value is -5.41. The third-order valence-corrected chi connectivity index (χ3v) is 6.81. The van der Waals surface area contributed by atoms with Crippen molar-refractivity contribution in [3.8, 4) is 33.8 Å².